The molecule has 4 nitrogen and oxygen atoms in total. The Bertz CT molecular complexity index is 852. The van der Waals surface area contributed by atoms with E-state index >= 15 is 0 Å². The molecular weight excluding hydrogens is 356 g/mol. The zero-order valence-electron chi connectivity index (χ0n) is 15.7. The van der Waals surface area contributed by atoms with Gasteiger partial charge in [0.25, 0.3) is 5.91 Å². The van der Waals surface area contributed by atoms with Crippen LogP contribution in [0.15, 0.2) is 41.8 Å². The minimum atomic E-state index is -0.371. The van der Waals surface area contributed by atoms with Gasteiger partial charge in [-0.1, -0.05) is 30.7 Å². The standard InChI is InChI=1S/C22H24N2O2S/c1-24(2)20(25)18-11-9-17(10-12-18)7-5-15-23-21(26)22(13-3-4-14-22)19-8-6-16-27-19/h6,8-12,16H,3-4,13-15H2,1-2H3,(H,23,26). The summed E-state index contributed by atoms with van der Waals surface area (Å²) in [5, 5.41) is 5.04. The first-order valence-electron chi connectivity index (χ1n) is 9.16. The van der Waals surface area contributed by atoms with Crippen LogP contribution in [0.4, 0.5) is 0 Å². The minimum absolute atomic E-state index is 0.0304. The predicted octanol–water partition coefficient (Wildman–Crippen LogP) is 3.43. The molecule has 140 valence electrons. The summed E-state index contributed by atoms with van der Waals surface area (Å²) in [6, 6.07) is 11.3. The van der Waals surface area contributed by atoms with Crippen LogP contribution in [0.5, 0.6) is 0 Å². The lowest BCUT2D eigenvalue weighted by Crippen LogP contribution is -2.42. The molecule has 1 N–H and O–H groups in total. The summed E-state index contributed by atoms with van der Waals surface area (Å²) < 4.78 is 0. The molecule has 2 amide bonds. The van der Waals surface area contributed by atoms with Crippen molar-refractivity contribution in [2.45, 2.75) is 31.1 Å². The van der Waals surface area contributed by atoms with E-state index in [9.17, 15) is 9.59 Å². The number of nitrogens with zero attached hydrogens (tertiary/aromatic N) is 1. The molecule has 1 aliphatic rings. The largest absolute Gasteiger partial charge is 0.345 e. The van der Waals surface area contributed by atoms with Crippen LogP contribution in [0, 0.1) is 11.8 Å². The summed E-state index contributed by atoms with van der Waals surface area (Å²) in [4.78, 5) is 27.4. The molecule has 1 saturated carbocycles. The lowest BCUT2D eigenvalue weighted by molar-refractivity contribution is -0.126. The van der Waals surface area contributed by atoms with Gasteiger partial charge >= 0.3 is 0 Å². The predicted molar refractivity (Wildman–Crippen MR) is 109 cm³/mol. The van der Waals surface area contributed by atoms with Gasteiger partial charge in [-0.3, -0.25) is 9.59 Å². The lowest BCUT2D eigenvalue weighted by Gasteiger charge is -2.26. The molecule has 2 aromatic rings. The molecule has 5 heteroatoms. The Kier molecular flexibility index (Phi) is 5.98. The van der Waals surface area contributed by atoms with E-state index in [0.717, 1.165) is 36.1 Å². The number of thiophene rings is 1. The molecule has 3 rings (SSSR count). The lowest BCUT2D eigenvalue weighted by atomic mass is 9.83. The van der Waals surface area contributed by atoms with E-state index in [1.54, 1.807) is 42.5 Å². The maximum atomic E-state index is 12.8. The van der Waals surface area contributed by atoms with E-state index in [0.29, 0.717) is 12.1 Å². The van der Waals surface area contributed by atoms with E-state index in [2.05, 4.69) is 23.2 Å². The number of benzene rings is 1. The van der Waals surface area contributed by atoms with E-state index < -0.39 is 0 Å². The van der Waals surface area contributed by atoms with Crippen LogP contribution in [0.2, 0.25) is 0 Å². The first-order valence-corrected chi connectivity index (χ1v) is 10.0. The summed E-state index contributed by atoms with van der Waals surface area (Å²) >= 11 is 1.66. The Balaban J connectivity index is 1.60. The third-order valence-corrected chi connectivity index (χ3v) is 6.07. The molecule has 0 atom stereocenters. The van der Waals surface area contributed by atoms with Crippen molar-refractivity contribution in [2.75, 3.05) is 20.6 Å². The van der Waals surface area contributed by atoms with Gasteiger partial charge in [-0.05, 0) is 48.6 Å². The zero-order chi connectivity index (χ0) is 19.3. The molecule has 0 aliphatic heterocycles. The molecule has 1 fully saturated rings. The Morgan fingerprint density at radius 2 is 1.85 bits per heavy atom. The van der Waals surface area contributed by atoms with Crippen molar-refractivity contribution in [2.24, 2.45) is 0 Å². The maximum Gasteiger partial charge on any atom is 0.253 e. The van der Waals surface area contributed by atoms with Gasteiger partial charge in [-0.15, -0.1) is 11.3 Å². The zero-order valence-corrected chi connectivity index (χ0v) is 16.6. The molecule has 0 unspecified atom stereocenters. The van der Waals surface area contributed by atoms with Gasteiger partial charge in [0.2, 0.25) is 5.91 Å². The molecule has 1 aromatic carbocycles. The van der Waals surface area contributed by atoms with Crippen LogP contribution in [-0.4, -0.2) is 37.4 Å². The van der Waals surface area contributed by atoms with Crippen molar-refractivity contribution in [3.05, 3.63) is 57.8 Å². The number of carbonyl (C=O) groups excluding carboxylic acids is 2. The van der Waals surface area contributed by atoms with Gasteiger partial charge in [0.15, 0.2) is 0 Å². The fourth-order valence-electron chi connectivity index (χ4n) is 3.51. The van der Waals surface area contributed by atoms with Crippen molar-refractivity contribution in [1.82, 2.24) is 10.2 Å². The van der Waals surface area contributed by atoms with Gasteiger partial charge in [0.1, 0.15) is 0 Å². The molecule has 1 aliphatic carbocycles. The van der Waals surface area contributed by atoms with Gasteiger partial charge in [-0.25, -0.2) is 0 Å². The number of amides is 2. The van der Waals surface area contributed by atoms with Crippen LogP contribution < -0.4 is 5.32 Å². The average Bonchev–Trinajstić information content (AvgIpc) is 3.37. The fraction of sp³-hybridized carbons (Fsp3) is 0.364. The SMILES string of the molecule is CN(C)C(=O)c1ccc(C#CCNC(=O)C2(c3cccs3)CCCC2)cc1. The molecule has 0 radical (unpaired) electrons. The first kappa shape index (κ1) is 19.2. The number of carbonyl (C=O) groups is 2. The summed E-state index contributed by atoms with van der Waals surface area (Å²) in [7, 11) is 3.46. The van der Waals surface area contributed by atoms with Gasteiger partial charge in [0.05, 0.1) is 12.0 Å². The molecule has 1 heterocycles. The number of hydrogen-bond acceptors (Lipinski definition) is 3. The molecule has 1 aromatic heterocycles. The summed E-state index contributed by atoms with van der Waals surface area (Å²) in [6.07, 6.45) is 4.01. The van der Waals surface area contributed by atoms with Crippen molar-refractivity contribution >= 4 is 23.2 Å². The van der Waals surface area contributed by atoms with Crippen LogP contribution in [0.25, 0.3) is 0 Å². The third kappa shape index (κ3) is 4.23. The minimum Gasteiger partial charge on any atom is -0.345 e. The molecule has 27 heavy (non-hydrogen) atoms. The molecule has 0 spiro atoms. The number of rotatable bonds is 4. The first-order chi connectivity index (χ1) is 13.0. The second kappa shape index (κ2) is 8.41. The molecule has 0 bridgehead atoms. The quantitative estimate of drug-likeness (QED) is 0.826. The maximum absolute atomic E-state index is 12.8. The highest BCUT2D eigenvalue weighted by atomic mass is 32.1. The van der Waals surface area contributed by atoms with E-state index in [1.807, 2.05) is 23.6 Å². The highest BCUT2D eigenvalue weighted by Gasteiger charge is 2.43. The number of hydrogen-bond donors (Lipinski definition) is 1. The highest BCUT2D eigenvalue weighted by Crippen LogP contribution is 2.43. The van der Waals surface area contributed by atoms with Crippen molar-refractivity contribution in [3.63, 3.8) is 0 Å². The van der Waals surface area contributed by atoms with Gasteiger partial charge in [-0.2, -0.15) is 0 Å². The summed E-state index contributed by atoms with van der Waals surface area (Å²) in [5.41, 5.74) is 1.09. The molecular formula is C22H24N2O2S. The second-order valence-electron chi connectivity index (χ2n) is 7.03. The Morgan fingerprint density at radius 1 is 1.15 bits per heavy atom. The van der Waals surface area contributed by atoms with Crippen LogP contribution in [0.1, 0.15) is 46.5 Å². The average molecular weight is 381 g/mol. The fourth-order valence-corrected chi connectivity index (χ4v) is 4.49. The van der Waals surface area contributed by atoms with Crippen LogP contribution in [0.3, 0.4) is 0 Å². The number of nitrogens with one attached hydrogen (secondary N) is 1. The van der Waals surface area contributed by atoms with E-state index in [4.69, 9.17) is 0 Å². The Morgan fingerprint density at radius 3 is 2.44 bits per heavy atom. The topological polar surface area (TPSA) is 49.4 Å². The summed E-state index contributed by atoms with van der Waals surface area (Å²) in [5.74, 6) is 6.12. The van der Waals surface area contributed by atoms with Crippen LogP contribution >= 0.6 is 11.3 Å². The monoisotopic (exact) mass is 380 g/mol. The van der Waals surface area contributed by atoms with Crippen molar-refractivity contribution < 1.29 is 9.59 Å². The van der Waals surface area contributed by atoms with Gasteiger partial charge < -0.3 is 10.2 Å². The highest BCUT2D eigenvalue weighted by molar-refractivity contribution is 7.10. The van der Waals surface area contributed by atoms with E-state index in [1.165, 1.54) is 0 Å². The van der Waals surface area contributed by atoms with Crippen molar-refractivity contribution in [3.8, 4) is 11.8 Å². The van der Waals surface area contributed by atoms with Crippen molar-refractivity contribution in [1.29, 1.82) is 0 Å². The smallest absolute Gasteiger partial charge is 0.253 e. The van der Waals surface area contributed by atoms with Gasteiger partial charge in [0, 0.05) is 30.1 Å². The normalized spacial score (nSPS) is 14.9. The summed E-state index contributed by atoms with van der Waals surface area (Å²) in [6.45, 7) is 0.324. The van der Waals surface area contributed by atoms with E-state index in [-0.39, 0.29) is 17.2 Å². The van der Waals surface area contributed by atoms with Crippen LogP contribution in [-0.2, 0) is 10.2 Å². The second-order valence-corrected chi connectivity index (χ2v) is 7.98. The third-order valence-electron chi connectivity index (χ3n) is 4.99. The molecule has 0 saturated heterocycles. The Hall–Kier alpha value is -2.58. The Labute approximate surface area is 164 Å².